The molecule has 4 heterocycles. The summed E-state index contributed by atoms with van der Waals surface area (Å²) in [5.74, 6) is 1.46. The number of aromatic nitrogens is 3. The van der Waals surface area contributed by atoms with Crippen molar-refractivity contribution in [2.24, 2.45) is 0 Å². The Kier molecular flexibility index (Phi) is 4.58. The molecule has 134 valence electrons. The molecule has 0 radical (unpaired) electrons. The standard InChI is InChI=1S/C17H22N4O3S/c1-12-20-13(8-25-12)7-23-14-3-4-24-17(6-14)9-21(10-17)15-5-16(22-2)19-11-18-15/h5,8,11,14H,3-4,6-7,9-10H2,1-2H3/t14-/m1/s1. The number of rotatable bonds is 5. The molecule has 25 heavy (non-hydrogen) atoms. The van der Waals surface area contributed by atoms with E-state index in [0.717, 1.165) is 49.1 Å². The van der Waals surface area contributed by atoms with Crippen LogP contribution >= 0.6 is 11.3 Å². The van der Waals surface area contributed by atoms with Crippen molar-refractivity contribution in [2.45, 2.75) is 38.1 Å². The van der Waals surface area contributed by atoms with Gasteiger partial charge in [0.2, 0.25) is 5.88 Å². The SMILES string of the molecule is COc1cc(N2CC3(C[C@H](OCc4csc(C)n4)CCO3)C2)ncn1. The van der Waals surface area contributed by atoms with Gasteiger partial charge in [-0.05, 0) is 13.3 Å². The van der Waals surface area contributed by atoms with E-state index < -0.39 is 0 Å². The summed E-state index contributed by atoms with van der Waals surface area (Å²) in [5, 5.41) is 3.15. The summed E-state index contributed by atoms with van der Waals surface area (Å²) < 4.78 is 17.3. The molecule has 2 aromatic rings. The van der Waals surface area contributed by atoms with Crippen LogP contribution in [0.15, 0.2) is 17.8 Å². The normalized spacial score (nSPS) is 22.0. The highest BCUT2D eigenvalue weighted by Crippen LogP contribution is 2.37. The number of methoxy groups -OCH3 is 1. The van der Waals surface area contributed by atoms with Crippen LogP contribution in [0.3, 0.4) is 0 Å². The molecule has 2 fully saturated rings. The molecule has 7 nitrogen and oxygen atoms in total. The van der Waals surface area contributed by atoms with Gasteiger partial charge in [0.15, 0.2) is 0 Å². The van der Waals surface area contributed by atoms with Crippen molar-refractivity contribution in [2.75, 3.05) is 31.7 Å². The maximum atomic E-state index is 6.09. The largest absolute Gasteiger partial charge is 0.481 e. The van der Waals surface area contributed by atoms with Gasteiger partial charge < -0.3 is 19.1 Å². The zero-order valence-electron chi connectivity index (χ0n) is 14.5. The predicted molar refractivity (Wildman–Crippen MR) is 94.1 cm³/mol. The number of ether oxygens (including phenoxy) is 3. The Morgan fingerprint density at radius 1 is 1.40 bits per heavy atom. The van der Waals surface area contributed by atoms with Gasteiger partial charge in [-0.3, -0.25) is 0 Å². The Balaban J connectivity index is 1.32. The van der Waals surface area contributed by atoms with E-state index in [1.165, 1.54) is 6.33 Å². The monoisotopic (exact) mass is 362 g/mol. The summed E-state index contributed by atoms with van der Waals surface area (Å²) in [6.45, 7) is 4.98. The van der Waals surface area contributed by atoms with Gasteiger partial charge in [0.1, 0.15) is 17.7 Å². The number of anilines is 1. The molecule has 0 unspecified atom stereocenters. The van der Waals surface area contributed by atoms with Crippen LogP contribution in [0.4, 0.5) is 5.82 Å². The lowest BCUT2D eigenvalue weighted by molar-refractivity contribution is -0.148. The van der Waals surface area contributed by atoms with Gasteiger partial charge >= 0.3 is 0 Å². The highest BCUT2D eigenvalue weighted by atomic mass is 32.1. The lowest BCUT2D eigenvalue weighted by atomic mass is 9.84. The van der Waals surface area contributed by atoms with Gasteiger partial charge in [0, 0.05) is 24.5 Å². The Morgan fingerprint density at radius 3 is 3.04 bits per heavy atom. The van der Waals surface area contributed by atoms with E-state index >= 15 is 0 Å². The zero-order chi connectivity index (χ0) is 17.3. The number of hydrogen-bond acceptors (Lipinski definition) is 8. The molecule has 1 spiro atoms. The lowest BCUT2D eigenvalue weighted by Crippen LogP contribution is -2.66. The first-order chi connectivity index (χ1) is 12.2. The molecule has 2 aliphatic heterocycles. The van der Waals surface area contributed by atoms with E-state index in [1.807, 2.05) is 13.0 Å². The van der Waals surface area contributed by atoms with Crippen molar-refractivity contribution in [3.05, 3.63) is 28.5 Å². The second-order valence-electron chi connectivity index (χ2n) is 6.59. The van der Waals surface area contributed by atoms with Crippen molar-refractivity contribution >= 4 is 17.2 Å². The maximum Gasteiger partial charge on any atom is 0.218 e. The molecule has 0 saturated carbocycles. The molecule has 0 bridgehead atoms. The number of aryl methyl sites for hydroxylation is 1. The van der Waals surface area contributed by atoms with Crippen LogP contribution in [-0.4, -0.2) is 53.5 Å². The van der Waals surface area contributed by atoms with Gasteiger partial charge in [-0.2, -0.15) is 0 Å². The molecule has 1 atom stereocenters. The van der Waals surface area contributed by atoms with E-state index in [4.69, 9.17) is 14.2 Å². The quantitative estimate of drug-likeness (QED) is 0.807. The number of nitrogens with zero attached hydrogens (tertiary/aromatic N) is 4. The predicted octanol–water partition coefficient (Wildman–Crippen LogP) is 2.20. The molecular weight excluding hydrogens is 340 g/mol. The van der Waals surface area contributed by atoms with Gasteiger partial charge in [-0.25, -0.2) is 15.0 Å². The Labute approximate surface area is 151 Å². The van der Waals surface area contributed by atoms with Crippen molar-refractivity contribution in [3.8, 4) is 5.88 Å². The van der Waals surface area contributed by atoms with Gasteiger partial charge in [-0.15, -0.1) is 11.3 Å². The zero-order valence-corrected chi connectivity index (χ0v) is 15.3. The molecule has 0 N–H and O–H groups in total. The molecule has 0 amide bonds. The van der Waals surface area contributed by atoms with E-state index in [1.54, 1.807) is 18.4 Å². The first-order valence-electron chi connectivity index (χ1n) is 8.43. The second kappa shape index (κ2) is 6.86. The summed E-state index contributed by atoms with van der Waals surface area (Å²) in [6.07, 6.45) is 3.60. The van der Waals surface area contributed by atoms with Crippen LogP contribution in [0.5, 0.6) is 5.88 Å². The minimum Gasteiger partial charge on any atom is -0.481 e. The van der Waals surface area contributed by atoms with Gasteiger partial charge in [-0.1, -0.05) is 0 Å². The average molecular weight is 362 g/mol. The lowest BCUT2D eigenvalue weighted by Gasteiger charge is -2.53. The fourth-order valence-corrected chi connectivity index (χ4v) is 4.05. The van der Waals surface area contributed by atoms with Crippen molar-refractivity contribution in [1.82, 2.24) is 15.0 Å². The summed E-state index contributed by atoms with van der Waals surface area (Å²) in [6, 6.07) is 1.86. The second-order valence-corrected chi connectivity index (χ2v) is 7.65. The maximum absolute atomic E-state index is 6.09. The van der Waals surface area contributed by atoms with Crippen molar-refractivity contribution < 1.29 is 14.2 Å². The van der Waals surface area contributed by atoms with Crippen LogP contribution in [0, 0.1) is 6.92 Å². The van der Waals surface area contributed by atoms with E-state index in [9.17, 15) is 0 Å². The molecule has 4 rings (SSSR count). The fraction of sp³-hybridized carbons (Fsp3) is 0.588. The Bertz CT molecular complexity index is 732. The fourth-order valence-electron chi connectivity index (χ4n) is 3.45. The Hall–Kier alpha value is -1.77. The molecular formula is C17H22N4O3S. The molecule has 8 heteroatoms. The summed E-state index contributed by atoms with van der Waals surface area (Å²) >= 11 is 1.66. The van der Waals surface area contributed by atoms with E-state index in [2.05, 4.69) is 25.2 Å². The third-order valence-electron chi connectivity index (χ3n) is 4.70. The van der Waals surface area contributed by atoms with Crippen LogP contribution in [0.1, 0.15) is 23.5 Å². The van der Waals surface area contributed by atoms with Gasteiger partial charge in [0.25, 0.3) is 0 Å². The highest BCUT2D eigenvalue weighted by Gasteiger charge is 2.48. The minimum atomic E-state index is -0.126. The third-order valence-corrected chi connectivity index (χ3v) is 5.52. The third kappa shape index (κ3) is 3.61. The summed E-state index contributed by atoms with van der Waals surface area (Å²) in [5.41, 5.74) is 0.894. The van der Waals surface area contributed by atoms with Crippen molar-refractivity contribution in [3.63, 3.8) is 0 Å². The highest BCUT2D eigenvalue weighted by molar-refractivity contribution is 7.09. The van der Waals surface area contributed by atoms with E-state index in [-0.39, 0.29) is 11.7 Å². The van der Waals surface area contributed by atoms with Crippen LogP contribution in [0.25, 0.3) is 0 Å². The molecule has 2 aliphatic rings. The Morgan fingerprint density at radius 2 is 2.28 bits per heavy atom. The summed E-state index contributed by atoms with van der Waals surface area (Å²) in [4.78, 5) is 15.0. The smallest absolute Gasteiger partial charge is 0.218 e. The molecule has 2 saturated heterocycles. The molecule has 0 aliphatic carbocycles. The molecule has 2 aromatic heterocycles. The number of hydrogen-bond donors (Lipinski definition) is 0. The topological polar surface area (TPSA) is 69.6 Å². The summed E-state index contributed by atoms with van der Waals surface area (Å²) in [7, 11) is 1.61. The minimum absolute atomic E-state index is 0.126. The van der Waals surface area contributed by atoms with Crippen LogP contribution in [0.2, 0.25) is 0 Å². The average Bonchev–Trinajstić information content (AvgIpc) is 3.03. The van der Waals surface area contributed by atoms with E-state index in [0.29, 0.717) is 12.5 Å². The van der Waals surface area contributed by atoms with Crippen LogP contribution in [-0.2, 0) is 16.1 Å². The molecule has 0 aromatic carbocycles. The van der Waals surface area contributed by atoms with Crippen molar-refractivity contribution in [1.29, 1.82) is 0 Å². The first kappa shape index (κ1) is 16.7. The van der Waals surface area contributed by atoms with Crippen LogP contribution < -0.4 is 9.64 Å². The first-order valence-corrected chi connectivity index (χ1v) is 9.31. The van der Waals surface area contributed by atoms with Gasteiger partial charge in [0.05, 0.1) is 43.6 Å². The number of thiazole rings is 1.